The first kappa shape index (κ1) is 42.7. The van der Waals surface area contributed by atoms with Crippen molar-refractivity contribution in [3.05, 3.63) is 117 Å². The third-order valence-electron chi connectivity index (χ3n) is 10.1. The Morgan fingerprint density at radius 1 is 0.800 bits per heavy atom. The highest BCUT2D eigenvalue weighted by molar-refractivity contribution is 6.40. The number of Topliss-reactive ketones (excluding diaryl/α,β-unsaturated/α-hetero) is 2. The second-order valence-electron chi connectivity index (χ2n) is 14.4. The minimum absolute atomic E-state index is 0. The number of nitrogens with zero attached hydrogens (tertiary/aromatic N) is 9. The molecule has 4 aliphatic carbocycles. The summed E-state index contributed by atoms with van der Waals surface area (Å²) in [5.74, 6) is 1.62. The summed E-state index contributed by atoms with van der Waals surface area (Å²) in [4.78, 5) is 63.5. The molecule has 9 rings (SSSR count). The predicted octanol–water partition coefficient (Wildman–Crippen LogP) is 5.12. The molecule has 2 aromatic carbocycles. The average molecular weight is 906 g/mol. The fraction of sp³-hybridized carbons (Fsp3) is 0.368. The molecule has 18 nitrogen and oxygen atoms in total. The van der Waals surface area contributed by atoms with Crippen molar-refractivity contribution in [1.82, 2.24) is 44.7 Å². The number of rotatable bonds is 14. The first-order valence-electron chi connectivity index (χ1n) is 18.7. The van der Waals surface area contributed by atoms with Gasteiger partial charge in [-0.1, -0.05) is 58.0 Å². The van der Waals surface area contributed by atoms with Crippen LogP contribution < -0.4 is 17.3 Å². The normalized spacial score (nSPS) is 15.9. The molecule has 316 valence electrons. The van der Waals surface area contributed by atoms with E-state index in [0.717, 1.165) is 49.5 Å². The molecule has 3 heterocycles. The number of carbonyl (C=O) groups excluding carboxylic acids is 3. The number of ketones is 3. The van der Waals surface area contributed by atoms with E-state index in [1.807, 2.05) is 6.11 Å². The maximum Gasteiger partial charge on any atom is 0.364 e. The van der Waals surface area contributed by atoms with Crippen LogP contribution >= 0.6 is 46.4 Å². The quantitative estimate of drug-likeness (QED) is 0.0280. The van der Waals surface area contributed by atoms with Gasteiger partial charge in [0.15, 0.2) is 17.3 Å². The summed E-state index contributed by atoms with van der Waals surface area (Å²) in [5, 5.41) is 26.9. The van der Waals surface area contributed by atoms with Gasteiger partial charge >= 0.3 is 11.4 Å². The van der Waals surface area contributed by atoms with Gasteiger partial charge in [-0.3, -0.25) is 14.4 Å². The minimum Gasteiger partial charge on any atom is -0.415 e. The van der Waals surface area contributed by atoms with Gasteiger partial charge in [-0.25, -0.2) is 20.7 Å². The van der Waals surface area contributed by atoms with Crippen LogP contribution in [0.3, 0.4) is 0 Å². The van der Waals surface area contributed by atoms with Gasteiger partial charge in [0.25, 0.3) is 0 Å². The summed E-state index contributed by atoms with van der Waals surface area (Å²) in [6.07, 6.45) is 16.4. The molecule has 0 atom stereocenters. The van der Waals surface area contributed by atoms with E-state index in [1.54, 1.807) is 12.1 Å². The molecule has 3 aromatic heterocycles. The third kappa shape index (κ3) is 9.01. The molecule has 0 bridgehead atoms. The van der Waals surface area contributed by atoms with Crippen molar-refractivity contribution < 1.29 is 37.6 Å². The molecule has 5 aromatic rings. The maximum absolute atomic E-state index is 13.1. The summed E-state index contributed by atoms with van der Waals surface area (Å²) in [7, 11) is 0. The Bertz CT molecular complexity index is 2690. The van der Waals surface area contributed by atoms with Crippen LogP contribution in [-0.2, 0) is 22.6 Å². The van der Waals surface area contributed by atoms with Crippen molar-refractivity contribution in [2.75, 3.05) is 0 Å². The molecule has 22 heteroatoms. The molecule has 0 aliphatic heterocycles. The van der Waals surface area contributed by atoms with E-state index in [1.165, 1.54) is 32.4 Å². The maximum atomic E-state index is 13.1. The first-order chi connectivity index (χ1) is 29.0. The number of benzene rings is 2. The van der Waals surface area contributed by atoms with Crippen molar-refractivity contribution in [1.29, 1.82) is 0 Å². The van der Waals surface area contributed by atoms with Crippen LogP contribution in [0.2, 0.25) is 20.1 Å². The van der Waals surface area contributed by atoms with Gasteiger partial charge < -0.3 is 9.26 Å². The van der Waals surface area contributed by atoms with E-state index in [0.29, 0.717) is 40.3 Å². The Morgan fingerprint density at radius 3 is 1.80 bits per heavy atom. The van der Waals surface area contributed by atoms with E-state index in [2.05, 4.69) is 31.9 Å². The van der Waals surface area contributed by atoms with Gasteiger partial charge in [0.05, 0.1) is 47.0 Å². The molecule has 0 unspecified atom stereocenters. The van der Waals surface area contributed by atoms with Crippen LogP contribution in [0.4, 0.5) is 0 Å². The lowest BCUT2D eigenvalue weighted by atomic mass is 9.97. The minimum atomic E-state index is -0.626. The molecule has 4 N–H and O–H groups in total. The fourth-order valence-corrected chi connectivity index (χ4v) is 7.39. The Balaban J connectivity index is 0.000000219. The highest BCUT2D eigenvalue weighted by Gasteiger charge is 2.37. The number of halogens is 4. The summed E-state index contributed by atoms with van der Waals surface area (Å²) < 4.78 is 15.1. The number of hydrogen-bond acceptors (Lipinski definition) is 13. The SMILES string of the molecule is C#COC=C(C(=O)c1ccc(Cl)c(Cn2nnn(C3CC3)c2=O)c1Cl)C(=O)C1CC1.O=C(c1cnoc1C1CC1)c1ccc(Cl)c(Cn2nnn(C3CC3)c2=O)c1Cl.[HH].[HH].[NH3+]O. The molecule has 4 aliphatic rings. The van der Waals surface area contributed by atoms with Crippen LogP contribution in [0.15, 0.2) is 56.4 Å². The second-order valence-corrected chi connectivity index (χ2v) is 16.0. The van der Waals surface area contributed by atoms with Crippen molar-refractivity contribution in [3.8, 4) is 12.5 Å². The summed E-state index contributed by atoms with van der Waals surface area (Å²) in [5.41, 5.74) is 0.647. The van der Waals surface area contributed by atoms with Gasteiger partial charge in [0, 0.05) is 47.0 Å². The van der Waals surface area contributed by atoms with E-state index in [-0.39, 0.29) is 94.6 Å². The summed E-state index contributed by atoms with van der Waals surface area (Å²) in [6, 6.07) is 6.26. The molecular weight excluding hydrogens is 866 g/mol. The zero-order valence-electron chi connectivity index (χ0n) is 31.5. The third-order valence-corrected chi connectivity index (χ3v) is 11.7. The molecule has 0 radical (unpaired) electrons. The highest BCUT2D eigenvalue weighted by atomic mass is 35.5. The van der Waals surface area contributed by atoms with E-state index in [4.69, 9.17) is 67.3 Å². The van der Waals surface area contributed by atoms with Crippen LogP contribution in [0.25, 0.3) is 0 Å². The number of ether oxygens (including phenoxy) is 1. The van der Waals surface area contributed by atoms with Crippen molar-refractivity contribution in [3.63, 3.8) is 0 Å². The lowest BCUT2D eigenvalue weighted by molar-refractivity contribution is -0.670. The van der Waals surface area contributed by atoms with Gasteiger partial charge in [-0.15, -0.1) is 0 Å². The number of terminal acetylenes is 1. The smallest absolute Gasteiger partial charge is 0.364 e. The number of allylic oxidation sites excluding steroid dienone is 1. The number of carbonyl (C=O) groups is 3. The highest BCUT2D eigenvalue weighted by Crippen LogP contribution is 2.43. The Morgan fingerprint density at radius 2 is 1.32 bits per heavy atom. The Kier molecular flexibility index (Phi) is 12.8. The van der Waals surface area contributed by atoms with Gasteiger partial charge in [-0.05, 0) is 96.5 Å². The second kappa shape index (κ2) is 18.1. The molecule has 0 spiro atoms. The molecule has 0 saturated heterocycles. The fourth-order valence-electron chi connectivity index (χ4n) is 6.23. The van der Waals surface area contributed by atoms with E-state index >= 15 is 0 Å². The van der Waals surface area contributed by atoms with Crippen molar-refractivity contribution in [2.24, 2.45) is 5.92 Å². The van der Waals surface area contributed by atoms with Crippen LogP contribution in [0.1, 0.15) is 115 Å². The van der Waals surface area contributed by atoms with Crippen LogP contribution in [-0.4, -0.2) is 67.3 Å². The number of aromatic nitrogens is 9. The summed E-state index contributed by atoms with van der Waals surface area (Å²) >= 11 is 25.6. The van der Waals surface area contributed by atoms with Crippen molar-refractivity contribution >= 4 is 63.8 Å². The van der Waals surface area contributed by atoms with Gasteiger partial charge in [-0.2, -0.15) is 18.7 Å². The van der Waals surface area contributed by atoms with Gasteiger partial charge in [0.2, 0.25) is 5.78 Å². The standard InChI is InChI=1S/C20H16Cl2N4O4.C18H15Cl2N5O3.H4NO.2H2/c1-2-30-10-15(18(27)11-3-4-11)19(28)13-7-8-16(21)14(17(13)22)9-25-20(29)26(24-23-25)12-5-6-12;19-14-6-5-11(16(26)12-7-21-28-17(12)9-1-2-9)15(20)13(14)8-24-18(27)25(23-22-24)10-3-4-10;1-2;;/h1,7-8,10-12H,3-6,9H2;5-7,9-10H,1-4,8H2;2H,1H3;2*1H/q;;+1;;. The van der Waals surface area contributed by atoms with Crippen LogP contribution in [0.5, 0.6) is 0 Å². The zero-order valence-corrected chi connectivity index (χ0v) is 34.5. The Labute approximate surface area is 362 Å². The number of tetrazole rings is 2. The molecular formula is C38H39Cl4N10O8+. The zero-order chi connectivity index (χ0) is 42.8. The molecule has 4 fully saturated rings. The lowest BCUT2D eigenvalue weighted by Gasteiger charge is -2.12. The number of hydrogen-bond donors (Lipinski definition) is 2. The van der Waals surface area contributed by atoms with Gasteiger partial charge in [0.1, 0.15) is 17.9 Å². The number of quaternary nitrogens is 1. The molecule has 60 heavy (non-hydrogen) atoms. The molecule has 4 saturated carbocycles. The largest absolute Gasteiger partial charge is 0.415 e. The Hall–Kier alpha value is -5.42. The first-order valence-corrected chi connectivity index (χ1v) is 20.2. The topological polar surface area (TPSA) is 240 Å². The molecule has 0 amide bonds. The van der Waals surface area contributed by atoms with Crippen LogP contribution in [0, 0.1) is 18.4 Å². The monoisotopic (exact) mass is 903 g/mol. The average Bonchev–Trinajstić information content (AvgIpc) is 4.03. The predicted molar refractivity (Wildman–Crippen MR) is 217 cm³/mol. The summed E-state index contributed by atoms with van der Waals surface area (Å²) in [6.45, 7) is -0.0374. The lowest BCUT2D eigenvalue weighted by Crippen LogP contribution is -2.42. The van der Waals surface area contributed by atoms with E-state index < -0.39 is 5.78 Å². The van der Waals surface area contributed by atoms with E-state index in [9.17, 15) is 24.0 Å². The van der Waals surface area contributed by atoms with Crippen molar-refractivity contribution in [2.45, 2.75) is 82.5 Å².